The summed E-state index contributed by atoms with van der Waals surface area (Å²) in [4.78, 5) is 25.5. The Morgan fingerprint density at radius 3 is 2.24 bits per heavy atom. The Labute approximate surface area is 148 Å². The van der Waals surface area contributed by atoms with Crippen LogP contribution in [0.15, 0.2) is 54.6 Å². The smallest absolute Gasteiger partial charge is 0.272 e. The van der Waals surface area contributed by atoms with Crippen molar-refractivity contribution in [3.8, 4) is 0 Å². The van der Waals surface area contributed by atoms with Crippen LogP contribution in [0.2, 0.25) is 0 Å². The molecule has 0 atom stereocenters. The highest BCUT2D eigenvalue weighted by Gasteiger charge is 2.29. The van der Waals surface area contributed by atoms with Crippen molar-refractivity contribution in [2.75, 3.05) is 7.11 Å². The highest BCUT2D eigenvalue weighted by atomic mass is 16.5. The molecule has 0 saturated carbocycles. The van der Waals surface area contributed by atoms with Crippen LogP contribution in [-0.2, 0) is 11.3 Å². The molecule has 132 valence electrons. The van der Waals surface area contributed by atoms with Gasteiger partial charge in [0.2, 0.25) is 0 Å². The number of amides is 2. The van der Waals surface area contributed by atoms with Crippen molar-refractivity contribution in [1.29, 1.82) is 0 Å². The van der Waals surface area contributed by atoms with E-state index in [0.29, 0.717) is 17.7 Å². The van der Waals surface area contributed by atoms with Crippen LogP contribution >= 0.6 is 0 Å². The van der Waals surface area contributed by atoms with E-state index in [4.69, 9.17) is 4.74 Å². The molecule has 0 aliphatic carbocycles. The molecule has 0 fully saturated rings. The van der Waals surface area contributed by atoms with Crippen molar-refractivity contribution in [3.63, 3.8) is 0 Å². The number of hydrazine groups is 1. The van der Waals surface area contributed by atoms with Crippen molar-refractivity contribution >= 4 is 11.8 Å². The largest absolute Gasteiger partial charge is 0.380 e. The van der Waals surface area contributed by atoms with Gasteiger partial charge in [-0.05, 0) is 50.6 Å². The van der Waals surface area contributed by atoms with Gasteiger partial charge in [0.15, 0.2) is 0 Å². The number of nitrogens with one attached hydrogen (secondary N) is 1. The highest BCUT2D eigenvalue weighted by molar-refractivity contribution is 5.99. The van der Waals surface area contributed by atoms with E-state index in [1.807, 2.05) is 32.9 Å². The second kappa shape index (κ2) is 7.94. The minimum Gasteiger partial charge on any atom is -0.380 e. The monoisotopic (exact) mass is 340 g/mol. The topological polar surface area (TPSA) is 58.6 Å². The van der Waals surface area contributed by atoms with Gasteiger partial charge in [-0.25, -0.2) is 5.01 Å². The van der Waals surface area contributed by atoms with E-state index in [1.165, 1.54) is 5.01 Å². The van der Waals surface area contributed by atoms with Crippen LogP contribution in [0.3, 0.4) is 0 Å². The molecule has 0 unspecified atom stereocenters. The number of rotatable bonds is 4. The molecule has 5 nitrogen and oxygen atoms in total. The van der Waals surface area contributed by atoms with Crippen LogP contribution in [0, 0.1) is 0 Å². The lowest BCUT2D eigenvalue weighted by Gasteiger charge is -2.35. The normalized spacial score (nSPS) is 11.0. The molecule has 0 radical (unpaired) electrons. The summed E-state index contributed by atoms with van der Waals surface area (Å²) < 4.78 is 5.12. The van der Waals surface area contributed by atoms with Gasteiger partial charge in [-0.2, -0.15) is 0 Å². The van der Waals surface area contributed by atoms with E-state index in [1.54, 1.807) is 49.6 Å². The van der Waals surface area contributed by atoms with E-state index in [9.17, 15) is 9.59 Å². The Hall–Kier alpha value is -2.66. The minimum atomic E-state index is -0.585. The first-order valence-electron chi connectivity index (χ1n) is 8.11. The van der Waals surface area contributed by atoms with E-state index < -0.39 is 5.54 Å². The number of hydrogen-bond donors (Lipinski definition) is 1. The second-order valence-corrected chi connectivity index (χ2v) is 6.75. The van der Waals surface area contributed by atoms with Crippen molar-refractivity contribution in [2.24, 2.45) is 0 Å². The van der Waals surface area contributed by atoms with Gasteiger partial charge in [-0.15, -0.1) is 0 Å². The van der Waals surface area contributed by atoms with Crippen molar-refractivity contribution < 1.29 is 14.3 Å². The average Bonchev–Trinajstić information content (AvgIpc) is 2.59. The highest BCUT2D eigenvalue weighted by Crippen LogP contribution is 2.17. The molecular formula is C20H24N2O3. The van der Waals surface area contributed by atoms with E-state index in [0.717, 1.165) is 5.56 Å². The summed E-state index contributed by atoms with van der Waals surface area (Å²) in [5.41, 5.74) is 4.05. The molecule has 2 aromatic carbocycles. The van der Waals surface area contributed by atoms with Crippen LogP contribution in [0.25, 0.3) is 0 Å². The molecule has 0 heterocycles. The lowest BCUT2D eigenvalue weighted by Crippen LogP contribution is -2.55. The van der Waals surface area contributed by atoms with E-state index >= 15 is 0 Å². The summed E-state index contributed by atoms with van der Waals surface area (Å²) in [5, 5.41) is 1.37. The third kappa shape index (κ3) is 4.90. The van der Waals surface area contributed by atoms with E-state index in [-0.39, 0.29) is 11.8 Å². The maximum atomic E-state index is 13.0. The predicted molar refractivity (Wildman–Crippen MR) is 97.0 cm³/mol. The Kier molecular flexibility index (Phi) is 5.93. The fraction of sp³-hybridized carbons (Fsp3) is 0.300. The Balaban J connectivity index is 2.27. The summed E-state index contributed by atoms with van der Waals surface area (Å²) in [6.45, 7) is 6.03. The molecule has 2 rings (SSSR count). The van der Waals surface area contributed by atoms with E-state index in [2.05, 4.69) is 5.43 Å². The summed E-state index contributed by atoms with van der Waals surface area (Å²) in [6.07, 6.45) is 0. The molecule has 2 amide bonds. The Bertz CT molecular complexity index is 736. The lowest BCUT2D eigenvalue weighted by molar-refractivity contribution is 0.0358. The quantitative estimate of drug-likeness (QED) is 0.868. The zero-order valence-electron chi connectivity index (χ0n) is 15.1. The lowest BCUT2D eigenvalue weighted by atomic mass is 10.0. The van der Waals surface area contributed by atoms with Gasteiger partial charge in [-0.1, -0.05) is 30.3 Å². The molecular weight excluding hydrogens is 316 g/mol. The van der Waals surface area contributed by atoms with Crippen LogP contribution < -0.4 is 5.43 Å². The third-order valence-electron chi connectivity index (χ3n) is 3.61. The zero-order chi connectivity index (χ0) is 18.4. The number of hydrogen-bond acceptors (Lipinski definition) is 3. The Morgan fingerprint density at radius 2 is 1.64 bits per heavy atom. The standard InChI is InChI=1S/C20H24N2O3/c1-20(2,3)22(21-18(23)16-10-6-5-7-11-16)19(24)17-12-8-9-15(13-17)14-25-4/h5-13H,14H2,1-4H3,(H,21,23). The van der Waals surface area contributed by atoms with Gasteiger partial charge >= 0.3 is 0 Å². The number of benzene rings is 2. The maximum Gasteiger partial charge on any atom is 0.272 e. The predicted octanol–water partition coefficient (Wildman–Crippen LogP) is 3.42. The van der Waals surface area contributed by atoms with Gasteiger partial charge in [0.1, 0.15) is 0 Å². The van der Waals surface area contributed by atoms with Crippen LogP contribution in [0.1, 0.15) is 47.1 Å². The zero-order valence-corrected chi connectivity index (χ0v) is 15.1. The Morgan fingerprint density at radius 1 is 1.00 bits per heavy atom. The molecule has 0 aliphatic heterocycles. The molecule has 25 heavy (non-hydrogen) atoms. The van der Waals surface area contributed by atoms with Crippen molar-refractivity contribution in [2.45, 2.75) is 32.9 Å². The third-order valence-corrected chi connectivity index (χ3v) is 3.61. The number of carbonyl (C=O) groups is 2. The molecule has 0 aromatic heterocycles. The van der Waals surface area contributed by atoms with Gasteiger partial charge in [0, 0.05) is 18.2 Å². The van der Waals surface area contributed by atoms with Gasteiger partial charge in [0.25, 0.3) is 11.8 Å². The van der Waals surface area contributed by atoms with Crippen molar-refractivity contribution in [1.82, 2.24) is 10.4 Å². The molecule has 1 N–H and O–H groups in total. The molecule has 5 heteroatoms. The summed E-state index contributed by atoms with van der Waals surface area (Å²) in [7, 11) is 1.61. The van der Waals surface area contributed by atoms with Crippen LogP contribution in [0.4, 0.5) is 0 Å². The SMILES string of the molecule is COCc1cccc(C(=O)N(NC(=O)c2ccccc2)C(C)(C)C)c1. The van der Waals surface area contributed by atoms with Crippen molar-refractivity contribution in [3.05, 3.63) is 71.3 Å². The fourth-order valence-corrected chi connectivity index (χ4v) is 2.37. The molecule has 0 saturated heterocycles. The summed E-state index contributed by atoms with van der Waals surface area (Å²) in [6, 6.07) is 16.0. The number of methoxy groups -OCH3 is 1. The van der Waals surface area contributed by atoms with Gasteiger partial charge in [0.05, 0.1) is 12.1 Å². The number of carbonyl (C=O) groups excluding carboxylic acids is 2. The maximum absolute atomic E-state index is 13.0. The number of ether oxygens (including phenoxy) is 1. The first kappa shape index (κ1) is 18.7. The summed E-state index contributed by atoms with van der Waals surface area (Å²) >= 11 is 0. The van der Waals surface area contributed by atoms with Crippen LogP contribution in [0.5, 0.6) is 0 Å². The van der Waals surface area contributed by atoms with Gasteiger partial charge < -0.3 is 4.74 Å². The molecule has 0 spiro atoms. The first-order valence-corrected chi connectivity index (χ1v) is 8.11. The first-order chi connectivity index (χ1) is 11.8. The van der Waals surface area contributed by atoms with Gasteiger partial charge in [-0.3, -0.25) is 15.0 Å². The minimum absolute atomic E-state index is 0.269. The summed E-state index contributed by atoms with van der Waals surface area (Å²) in [5.74, 6) is -0.591. The van der Waals surface area contributed by atoms with Crippen LogP contribution in [-0.4, -0.2) is 29.5 Å². The number of nitrogens with zero attached hydrogens (tertiary/aromatic N) is 1. The second-order valence-electron chi connectivity index (χ2n) is 6.75. The molecule has 2 aromatic rings. The molecule has 0 aliphatic rings. The average molecular weight is 340 g/mol. The fourth-order valence-electron chi connectivity index (χ4n) is 2.37. The molecule has 0 bridgehead atoms.